The fraction of sp³-hybridized carbons (Fsp3) is 0.571. The molecule has 1 aromatic carbocycles. The maximum Gasteiger partial charge on any atom is 0.115 e. The van der Waals surface area contributed by atoms with Gasteiger partial charge in [0.25, 0.3) is 0 Å². The van der Waals surface area contributed by atoms with Gasteiger partial charge in [-0.15, -0.1) is 0 Å². The van der Waals surface area contributed by atoms with Crippen LogP contribution in [0.1, 0.15) is 42.9 Å². The van der Waals surface area contributed by atoms with Crippen LogP contribution in [0.15, 0.2) is 18.2 Å². The molecule has 2 N–H and O–H groups in total. The number of benzene rings is 1. The Kier molecular flexibility index (Phi) is 3.04. The first kappa shape index (κ1) is 11.1. The molecule has 3 rings (SSSR count). The van der Waals surface area contributed by atoms with Crippen LogP contribution in [0, 0.1) is 0 Å². The van der Waals surface area contributed by atoms with Crippen LogP contribution < -0.4 is 5.43 Å². The minimum absolute atomic E-state index is 0.391. The predicted molar refractivity (Wildman–Crippen MR) is 67.7 cm³/mol. The van der Waals surface area contributed by atoms with Crippen LogP contribution >= 0.6 is 0 Å². The van der Waals surface area contributed by atoms with E-state index < -0.39 is 0 Å². The highest BCUT2D eigenvalue weighted by atomic mass is 16.3. The minimum Gasteiger partial charge on any atom is -0.508 e. The average molecular weight is 232 g/mol. The number of nitrogens with zero attached hydrogens (tertiary/aromatic N) is 1. The molecule has 1 saturated heterocycles. The molecule has 2 aliphatic rings. The molecule has 0 amide bonds. The van der Waals surface area contributed by atoms with Crippen LogP contribution in [0.25, 0.3) is 0 Å². The normalized spacial score (nSPS) is 24.8. The van der Waals surface area contributed by atoms with Gasteiger partial charge in [-0.1, -0.05) is 12.5 Å². The zero-order valence-electron chi connectivity index (χ0n) is 10.2. The summed E-state index contributed by atoms with van der Waals surface area (Å²) in [7, 11) is 0. The molecule has 92 valence electrons. The number of fused-ring (bicyclic) bond motifs is 1. The zero-order valence-corrected chi connectivity index (χ0v) is 10.2. The molecular weight excluding hydrogens is 212 g/mol. The number of hydrogen-bond acceptors (Lipinski definition) is 3. The van der Waals surface area contributed by atoms with E-state index in [0.717, 1.165) is 12.8 Å². The van der Waals surface area contributed by atoms with Gasteiger partial charge in [0.1, 0.15) is 5.75 Å². The molecule has 1 aliphatic heterocycles. The lowest BCUT2D eigenvalue weighted by molar-refractivity contribution is 0.128. The number of aromatic hydroxyl groups is 1. The Morgan fingerprint density at radius 2 is 2.00 bits per heavy atom. The fourth-order valence-electron chi connectivity index (χ4n) is 2.98. The van der Waals surface area contributed by atoms with Gasteiger partial charge in [0.05, 0.1) is 0 Å². The van der Waals surface area contributed by atoms with Gasteiger partial charge in [-0.2, -0.15) is 0 Å². The van der Waals surface area contributed by atoms with E-state index in [1.165, 1.54) is 43.5 Å². The molecule has 1 aromatic rings. The van der Waals surface area contributed by atoms with E-state index in [1.807, 2.05) is 6.07 Å². The van der Waals surface area contributed by atoms with Crippen molar-refractivity contribution in [3.8, 4) is 5.75 Å². The predicted octanol–water partition coefficient (Wildman–Crippen LogP) is 2.37. The number of aryl methyl sites for hydroxylation is 1. The first-order valence-corrected chi connectivity index (χ1v) is 6.66. The maximum absolute atomic E-state index is 9.47. The van der Waals surface area contributed by atoms with E-state index >= 15 is 0 Å². The zero-order chi connectivity index (χ0) is 11.7. The summed E-state index contributed by atoms with van der Waals surface area (Å²) in [6.45, 7) is 2.34. The number of hydrazine groups is 1. The second-order valence-corrected chi connectivity index (χ2v) is 5.15. The highest BCUT2D eigenvalue weighted by Gasteiger charge is 2.24. The van der Waals surface area contributed by atoms with Crippen LogP contribution in [0.2, 0.25) is 0 Å². The summed E-state index contributed by atoms with van der Waals surface area (Å²) in [5, 5.41) is 11.8. The molecule has 1 aliphatic carbocycles. The summed E-state index contributed by atoms with van der Waals surface area (Å²) >= 11 is 0. The molecule has 1 fully saturated rings. The van der Waals surface area contributed by atoms with Crippen LogP contribution in [-0.2, 0) is 6.42 Å². The van der Waals surface area contributed by atoms with Crippen molar-refractivity contribution in [1.29, 1.82) is 0 Å². The van der Waals surface area contributed by atoms with E-state index in [2.05, 4.69) is 16.5 Å². The third-order valence-corrected chi connectivity index (χ3v) is 3.90. The van der Waals surface area contributed by atoms with Crippen molar-refractivity contribution in [2.75, 3.05) is 13.1 Å². The van der Waals surface area contributed by atoms with Gasteiger partial charge < -0.3 is 5.11 Å². The summed E-state index contributed by atoms with van der Waals surface area (Å²) in [4.78, 5) is 0. The van der Waals surface area contributed by atoms with Crippen molar-refractivity contribution < 1.29 is 5.11 Å². The first-order chi connectivity index (χ1) is 8.33. The molecule has 0 saturated carbocycles. The van der Waals surface area contributed by atoms with Crippen molar-refractivity contribution in [3.05, 3.63) is 29.3 Å². The molecule has 1 heterocycles. The Hall–Kier alpha value is -1.06. The Labute approximate surface area is 102 Å². The summed E-state index contributed by atoms with van der Waals surface area (Å²) in [6.07, 6.45) is 6.21. The monoisotopic (exact) mass is 232 g/mol. The molecular formula is C14H20N2O. The topological polar surface area (TPSA) is 35.5 Å². The molecule has 1 atom stereocenters. The van der Waals surface area contributed by atoms with Gasteiger partial charge in [-0.25, -0.2) is 10.4 Å². The van der Waals surface area contributed by atoms with E-state index in [-0.39, 0.29) is 0 Å². The van der Waals surface area contributed by atoms with Crippen molar-refractivity contribution in [2.24, 2.45) is 0 Å². The van der Waals surface area contributed by atoms with Gasteiger partial charge in [0.2, 0.25) is 0 Å². The lowest BCUT2D eigenvalue weighted by Gasteiger charge is -2.30. The molecule has 0 aromatic heterocycles. The van der Waals surface area contributed by atoms with Crippen molar-refractivity contribution in [3.63, 3.8) is 0 Å². The van der Waals surface area contributed by atoms with Gasteiger partial charge in [0, 0.05) is 19.1 Å². The summed E-state index contributed by atoms with van der Waals surface area (Å²) < 4.78 is 0. The molecule has 0 radical (unpaired) electrons. The van der Waals surface area contributed by atoms with Gasteiger partial charge >= 0.3 is 0 Å². The number of rotatable bonds is 2. The Bertz CT molecular complexity index is 399. The molecule has 0 spiro atoms. The Morgan fingerprint density at radius 1 is 1.18 bits per heavy atom. The molecule has 3 nitrogen and oxygen atoms in total. The van der Waals surface area contributed by atoms with E-state index in [0.29, 0.717) is 11.8 Å². The van der Waals surface area contributed by atoms with E-state index in [4.69, 9.17) is 0 Å². The summed E-state index contributed by atoms with van der Waals surface area (Å²) in [5.41, 5.74) is 6.32. The van der Waals surface area contributed by atoms with Crippen molar-refractivity contribution in [1.82, 2.24) is 10.4 Å². The number of hydrogen-bond donors (Lipinski definition) is 2. The molecule has 17 heavy (non-hydrogen) atoms. The second-order valence-electron chi connectivity index (χ2n) is 5.15. The largest absolute Gasteiger partial charge is 0.508 e. The lowest BCUT2D eigenvalue weighted by atomic mass is 10.1. The van der Waals surface area contributed by atoms with E-state index in [1.54, 1.807) is 6.07 Å². The quantitative estimate of drug-likeness (QED) is 0.821. The highest BCUT2D eigenvalue weighted by Crippen LogP contribution is 2.33. The Balaban J connectivity index is 1.70. The number of phenolic OH excluding ortho intramolecular Hbond substituents is 1. The average Bonchev–Trinajstić information content (AvgIpc) is 2.73. The fourth-order valence-corrected chi connectivity index (χ4v) is 2.98. The molecule has 0 bridgehead atoms. The smallest absolute Gasteiger partial charge is 0.115 e. The summed E-state index contributed by atoms with van der Waals surface area (Å²) in [6, 6.07) is 6.23. The van der Waals surface area contributed by atoms with E-state index in [9.17, 15) is 5.11 Å². The second kappa shape index (κ2) is 4.67. The first-order valence-electron chi connectivity index (χ1n) is 6.66. The van der Waals surface area contributed by atoms with Crippen LogP contribution in [0.3, 0.4) is 0 Å². The lowest BCUT2D eigenvalue weighted by Crippen LogP contribution is -2.43. The highest BCUT2D eigenvalue weighted by molar-refractivity contribution is 5.39. The third-order valence-electron chi connectivity index (χ3n) is 3.90. The van der Waals surface area contributed by atoms with Crippen molar-refractivity contribution in [2.45, 2.75) is 38.1 Å². The van der Waals surface area contributed by atoms with Crippen LogP contribution in [-0.4, -0.2) is 23.2 Å². The SMILES string of the molecule is Oc1ccc2c(c1)CCC2NN1CCCCC1. The summed E-state index contributed by atoms with van der Waals surface area (Å²) in [5.74, 6) is 0.391. The van der Waals surface area contributed by atoms with Gasteiger partial charge in [-0.05, 0) is 48.9 Å². The Morgan fingerprint density at radius 3 is 2.82 bits per heavy atom. The molecule has 3 heteroatoms. The van der Waals surface area contributed by atoms with Gasteiger partial charge in [-0.3, -0.25) is 0 Å². The minimum atomic E-state index is 0.391. The van der Waals surface area contributed by atoms with Crippen molar-refractivity contribution >= 4 is 0 Å². The number of nitrogens with one attached hydrogen (secondary N) is 1. The van der Waals surface area contributed by atoms with Crippen LogP contribution in [0.5, 0.6) is 5.75 Å². The maximum atomic E-state index is 9.47. The standard InChI is InChI=1S/C14H20N2O/c17-12-5-6-13-11(10-12)4-7-14(13)15-16-8-2-1-3-9-16/h5-6,10,14-15,17H,1-4,7-9H2. The number of piperidine rings is 1. The number of phenols is 1. The molecule has 1 unspecified atom stereocenters. The van der Waals surface area contributed by atoms with Crippen LogP contribution in [0.4, 0.5) is 0 Å². The van der Waals surface area contributed by atoms with Gasteiger partial charge in [0.15, 0.2) is 0 Å². The third kappa shape index (κ3) is 2.31.